The summed E-state index contributed by atoms with van der Waals surface area (Å²) in [5.41, 5.74) is 2.00. The van der Waals surface area contributed by atoms with Crippen LogP contribution in [0.1, 0.15) is 43.7 Å². The predicted molar refractivity (Wildman–Crippen MR) is 69.4 cm³/mol. The molecule has 1 aromatic rings. The summed E-state index contributed by atoms with van der Waals surface area (Å²) in [6, 6.07) is 10.7. The Morgan fingerprint density at radius 1 is 1.18 bits per heavy atom. The lowest BCUT2D eigenvalue weighted by atomic mass is 9.87. The summed E-state index contributed by atoms with van der Waals surface area (Å²) >= 11 is 0. The van der Waals surface area contributed by atoms with E-state index in [0.717, 1.165) is 18.0 Å². The molecule has 0 atom stereocenters. The first-order chi connectivity index (χ1) is 8.28. The van der Waals surface area contributed by atoms with Gasteiger partial charge in [0, 0.05) is 12.6 Å². The number of rotatable bonds is 3. The Morgan fingerprint density at radius 3 is 2.41 bits per heavy atom. The first-order valence-electron chi connectivity index (χ1n) is 6.50. The summed E-state index contributed by atoms with van der Waals surface area (Å²) in [5, 5.41) is 12.3. The van der Waals surface area contributed by atoms with Crippen molar-refractivity contribution in [2.24, 2.45) is 5.92 Å². The zero-order valence-electron chi connectivity index (χ0n) is 10.4. The fourth-order valence-corrected chi connectivity index (χ4v) is 2.42. The lowest BCUT2D eigenvalue weighted by Crippen LogP contribution is -2.32. The number of nitrogens with one attached hydrogen (secondary N) is 1. The van der Waals surface area contributed by atoms with Crippen molar-refractivity contribution in [3.63, 3.8) is 0 Å². The monoisotopic (exact) mass is 228 g/mol. The van der Waals surface area contributed by atoms with Crippen molar-refractivity contribution in [2.75, 3.05) is 0 Å². The molecule has 0 spiro atoms. The van der Waals surface area contributed by atoms with E-state index in [2.05, 4.69) is 18.3 Å². The van der Waals surface area contributed by atoms with Gasteiger partial charge in [0.1, 0.15) is 0 Å². The molecule has 0 amide bonds. The first kappa shape index (κ1) is 12.1. The minimum absolute atomic E-state index is 0.682. The van der Waals surface area contributed by atoms with Gasteiger partial charge in [-0.25, -0.2) is 0 Å². The minimum Gasteiger partial charge on any atom is -0.310 e. The van der Waals surface area contributed by atoms with Gasteiger partial charge in [0.25, 0.3) is 0 Å². The van der Waals surface area contributed by atoms with Crippen molar-refractivity contribution in [1.82, 2.24) is 5.32 Å². The highest BCUT2D eigenvalue weighted by atomic mass is 14.9. The molecule has 2 nitrogen and oxygen atoms in total. The lowest BCUT2D eigenvalue weighted by molar-refractivity contribution is 0.306. The van der Waals surface area contributed by atoms with E-state index in [0.29, 0.717) is 6.04 Å². The van der Waals surface area contributed by atoms with Gasteiger partial charge in [-0.3, -0.25) is 0 Å². The van der Waals surface area contributed by atoms with Gasteiger partial charge in [-0.05, 0) is 49.3 Å². The topological polar surface area (TPSA) is 35.8 Å². The van der Waals surface area contributed by atoms with Crippen LogP contribution in [0.3, 0.4) is 0 Å². The Hall–Kier alpha value is -1.33. The average Bonchev–Trinajstić information content (AvgIpc) is 2.39. The Labute approximate surface area is 104 Å². The van der Waals surface area contributed by atoms with E-state index in [1.807, 2.05) is 24.3 Å². The van der Waals surface area contributed by atoms with E-state index in [9.17, 15) is 0 Å². The van der Waals surface area contributed by atoms with Gasteiger partial charge in [-0.1, -0.05) is 19.1 Å². The van der Waals surface area contributed by atoms with E-state index in [1.165, 1.54) is 31.2 Å². The number of benzene rings is 1. The normalized spacial score (nSPS) is 24.2. The van der Waals surface area contributed by atoms with Crippen LogP contribution in [0.4, 0.5) is 0 Å². The fraction of sp³-hybridized carbons (Fsp3) is 0.533. The molecule has 2 heteroatoms. The maximum atomic E-state index is 8.72. The van der Waals surface area contributed by atoms with Gasteiger partial charge in [-0.2, -0.15) is 5.26 Å². The molecular weight excluding hydrogens is 208 g/mol. The zero-order valence-corrected chi connectivity index (χ0v) is 10.4. The third kappa shape index (κ3) is 3.57. The van der Waals surface area contributed by atoms with E-state index in [4.69, 9.17) is 5.26 Å². The molecule has 0 aliphatic heterocycles. The van der Waals surface area contributed by atoms with Gasteiger partial charge in [0.15, 0.2) is 0 Å². The summed E-state index contributed by atoms with van der Waals surface area (Å²) in [6.07, 6.45) is 5.31. The van der Waals surface area contributed by atoms with Gasteiger partial charge in [-0.15, -0.1) is 0 Å². The van der Waals surface area contributed by atoms with Crippen LogP contribution >= 0.6 is 0 Å². The quantitative estimate of drug-likeness (QED) is 0.862. The van der Waals surface area contributed by atoms with Crippen LogP contribution in [-0.2, 0) is 6.54 Å². The molecule has 17 heavy (non-hydrogen) atoms. The Kier molecular flexibility index (Phi) is 4.17. The van der Waals surface area contributed by atoms with E-state index in [1.54, 1.807) is 0 Å². The first-order valence-corrected chi connectivity index (χ1v) is 6.50. The molecule has 0 heterocycles. The summed E-state index contributed by atoms with van der Waals surface area (Å²) in [4.78, 5) is 0. The van der Waals surface area contributed by atoms with Crippen molar-refractivity contribution in [1.29, 1.82) is 5.26 Å². The highest BCUT2D eigenvalue weighted by Crippen LogP contribution is 2.23. The van der Waals surface area contributed by atoms with Crippen LogP contribution in [0, 0.1) is 17.2 Å². The summed E-state index contributed by atoms with van der Waals surface area (Å²) < 4.78 is 0. The molecule has 1 aromatic carbocycles. The number of nitriles is 1. The van der Waals surface area contributed by atoms with Crippen LogP contribution in [0.15, 0.2) is 24.3 Å². The standard InChI is InChI=1S/C15H20N2/c1-12-2-8-15(9-3-12)17-11-14-6-4-13(10-16)5-7-14/h4-7,12,15,17H,2-3,8-9,11H2,1H3. The van der Waals surface area contributed by atoms with Gasteiger partial charge in [0.05, 0.1) is 11.6 Å². The maximum absolute atomic E-state index is 8.72. The van der Waals surface area contributed by atoms with E-state index >= 15 is 0 Å². The number of hydrogen-bond donors (Lipinski definition) is 1. The van der Waals surface area contributed by atoms with Crippen LogP contribution in [0.2, 0.25) is 0 Å². The molecule has 1 N–H and O–H groups in total. The summed E-state index contributed by atoms with van der Waals surface area (Å²) in [5.74, 6) is 0.906. The molecule has 0 saturated heterocycles. The van der Waals surface area contributed by atoms with Crippen LogP contribution in [0.5, 0.6) is 0 Å². The Morgan fingerprint density at radius 2 is 1.82 bits per heavy atom. The molecule has 1 aliphatic carbocycles. The molecule has 90 valence electrons. The lowest BCUT2D eigenvalue weighted by Gasteiger charge is -2.27. The van der Waals surface area contributed by atoms with Crippen LogP contribution in [0.25, 0.3) is 0 Å². The minimum atomic E-state index is 0.682. The SMILES string of the molecule is CC1CCC(NCc2ccc(C#N)cc2)CC1. The van der Waals surface area contributed by atoms with Gasteiger partial charge in [0.2, 0.25) is 0 Å². The maximum Gasteiger partial charge on any atom is 0.0991 e. The molecule has 1 aliphatic rings. The largest absolute Gasteiger partial charge is 0.310 e. The van der Waals surface area contributed by atoms with Gasteiger partial charge >= 0.3 is 0 Å². The van der Waals surface area contributed by atoms with Crippen molar-refractivity contribution >= 4 is 0 Å². The average molecular weight is 228 g/mol. The fourth-order valence-electron chi connectivity index (χ4n) is 2.42. The Bertz CT molecular complexity index is 380. The van der Waals surface area contributed by atoms with Crippen molar-refractivity contribution in [2.45, 2.75) is 45.2 Å². The molecule has 0 bridgehead atoms. The molecule has 0 aromatic heterocycles. The number of nitrogens with zero attached hydrogens (tertiary/aromatic N) is 1. The zero-order chi connectivity index (χ0) is 12.1. The highest BCUT2D eigenvalue weighted by Gasteiger charge is 2.17. The predicted octanol–water partition coefficient (Wildman–Crippen LogP) is 3.23. The Balaban J connectivity index is 1.79. The van der Waals surface area contributed by atoms with Crippen molar-refractivity contribution in [3.05, 3.63) is 35.4 Å². The second kappa shape index (κ2) is 5.84. The van der Waals surface area contributed by atoms with Crippen LogP contribution < -0.4 is 5.32 Å². The smallest absolute Gasteiger partial charge is 0.0991 e. The molecule has 0 radical (unpaired) electrons. The highest BCUT2D eigenvalue weighted by molar-refractivity contribution is 5.31. The third-order valence-corrected chi connectivity index (χ3v) is 3.69. The van der Waals surface area contributed by atoms with Crippen molar-refractivity contribution < 1.29 is 0 Å². The summed E-state index contributed by atoms with van der Waals surface area (Å²) in [6.45, 7) is 3.27. The molecule has 0 unspecified atom stereocenters. The molecule has 2 rings (SSSR count). The summed E-state index contributed by atoms with van der Waals surface area (Å²) in [7, 11) is 0. The number of hydrogen-bond acceptors (Lipinski definition) is 2. The molecule has 1 fully saturated rings. The van der Waals surface area contributed by atoms with E-state index in [-0.39, 0.29) is 0 Å². The molecule has 1 saturated carbocycles. The molecular formula is C15H20N2. The van der Waals surface area contributed by atoms with E-state index < -0.39 is 0 Å². The second-order valence-electron chi connectivity index (χ2n) is 5.15. The second-order valence-corrected chi connectivity index (χ2v) is 5.15. The van der Waals surface area contributed by atoms with Crippen molar-refractivity contribution in [3.8, 4) is 6.07 Å². The third-order valence-electron chi connectivity index (χ3n) is 3.69. The van der Waals surface area contributed by atoms with Gasteiger partial charge < -0.3 is 5.32 Å². The van der Waals surface area contributed by atoms with Crippen LogP contribution in [-0.4, -0.2) is 6.04 Å².